The van der Waals surface area contributed by atoms with E-state index >= 15 is 0 Å². The first-order chi connectivity index (χ1) is 15.4. The first kappa shape index (κ1) is 21.1. The molecule has 4 aromatic rings. The molecule has 0 radical (unpaired) electrons. The summed E-state index contributed by atoms with van der Waals surface area (Å²) in [5.41, 5.74) is 2.11. The number of thiophene rings is 1. The molecule has 0 aromatic carbocycles. The van der Waals surface area contributed by atoms with Crippen molar-refractivity contribution in [3.63, 3.8) is 0 Å². The molecule has 0 bridgehead atoms. The fourth-order valence-electron chi connectivity index (χ4n) is 4.48. The first-order valence-corrected chi connectivity index (χ1v) is 12.0. The minimum absolute atomic E-state index is 0.246. The van der Waals surface area contributed by atoms with Gasteiger partial charge in [-0.2, -0.15) is 5.10 Å². The summed E-state index contributed by atoms with van der Waals surface area (Å²) in [6.07, 6.45) is 8.72. The van der Waals surface area contributed by atoms with Crippen LogP contribution >= 0.6 is 11.3 Å². The van der Waals surface area contributed by atoms with Gasteiger partial charge >= 0.3 is 0 Å². The van der Waals surface area contributed by atoms with Gasteiger partial charge in [-0.1, -0.05) is 0 Å². The van der Waals surface area contributed by atoms with E-state index in [1.54, 1.807) is 17.5 Å². The molecule has 0 amide bonds. The number of fused-ring (bicyclic) bond motifs is 1. The molecule has 4 aromatic heterocycles. The molecule has 168 valence electrons. The smallest absolute Gasteiger partial charge is 0.199 e. The lowest BCUT2D eigenvalue weighted by Crippen LogP contribution is -2.18. The summed E-state index contributed by atoms with van der Waals surface area (Å²) in [7, 11) is 1.95. The van der Waals surface area contributed by atoms with Crippen molar-refractivity contribution in [2.24, 2.45) is 13.0 Å². The molecule has 0 aliphatic heterocycles. The van der Waals surface area contributed by atoms with Crippen molar-refractivity contribution >= 4 is 27.4 Å². The molecule has 1 aliphatic rings. The monoisotopic (exact) mass is 451 g/mol. The van der Waals surface area contributed by atoms with Crippen LogP contribution in [0.5, 0.6) is 0 Å². The van der Waals surface area contributed by atoms with Gasteiger partial charge in [-0.05, 0) is 57.6 Å². The Labute approximate surface area is 191 Å². The molecule has 32 heavy (non-hydrogen) atoms. The van der Waals surface area contributed by atoms with Crippen LogP contribution in [0.25, 0.3) is 32.4 Å². The zero-order valence-corrected chi connectivity index (χ0v) is 19.7. The highest BCUT2D eigenvalue weighted by Gasteiger charge is 2.27. The van der Waals surface area contributed by atoms with Gasteiger partial charge in [-0.15, -0.1) is 11.3 Å². The number of nitrogens with one attached hydrogen (secondary N) is 1. The van der Waals surface area contributed by atoms with Gasteiger partial charge in [0, 0.05) is 44.3 Å². The van der Waals surface area contributed by atoms with Crippen LogP contribution in [0.3, 0.4) is 0 Å². The largest absolute Gasteiger partial charge is 0.396 e. The molecule has 9 heteroatoms. The van der Waals surface area contributed by atoms with E-state index in [9.17, 15) is 5.11 Å². The molecule has 0 spiro atoms. The number of anilines is 1. The van der Waals surface area contributed by atoms with Crippen molar-refractivity contribution in [1.29, 1.82) is 0 Å². The average Bonchev–Trinajstić information content (AvgIpc) is 3.54. The van der Waals surface area contributed by atoms with Crippen molar-refractivity contribution in [2.45, 2.75) is 52.1 Å². The van der Waals surface area contributed by atoms with Crippen LogP contribution in [-0.4, -0.2) is 47.1 Å². The van der Waals surface area contributed by atoms with Gasteiger partial charge in [0.25, 0.3) is 0 Å². The number of nitrogens with zero attached hydrogens (tertiary/aromatic N) is 6. The van der Waals surface area contributed by atoms with Crippen molar-refractivity contribution in [3.05, 3.63) is 30.2 Å². The lowest BCUT2D eigenvalue weighted by molar-refractivity contribution is 0.229. The highest BCUT2D eigenvalue weighted by Crippen LogP contribution is 2.41. The van der Waals surface area contributed by atoms with Crippen LogP contribution in [0.4, 0.5) is 5.82 Å². The lowest BCUT2D eigenvalue weighted by atomic mass is 10.1. The molecule has 2 atom stereocenters. The predicted molar refractivity (Wildman–Crippen MR) is 128 cm³/mol. The molecule has 1 aliphatic carbocycles. The van der Waals surface area contributed by atoms with Gasteiger partial charge in [-0.25, -0.2) is 15.0 Å². The second-order valence-corrected chi connectivity index (χ2v) is 9.97. The zero-order chi connectivity index (χ0) is 22.4. The molecule has 5 rings (SSSR count). The number of hydrogen-bond donors (Lipinski definition) is 2. The molecule has 4 heterocycles. The summed E-state index contributed by atoms with van der Waals surface area (Å²) in [5, 5.41) is 19.1. The van der Waals surface area contributed by atoms with Gasteiger partial charge in [0.15, 0.2) is 11.6 Å². The summed E-state index contributed by atoms with van der Waals surface area (Å²) in [4.78, 5) is 16.4. The number of aromatic nitrogens is 6. The summed E-state index contributed by atoms with van der Waals surface area (Å²) < 4.78 is 3.92. The Kier molecular flexibility index (Phi) is 5.46. The fraction of sp³-hybridized carbons (Fsp3) is 0.478. The highest BCUT2D eigenvalue weighted by atomic mass is 32.1. The standard InChI is InChI=1S/C23H29N7OS/c1-13(2)30-9-7-17(28-30)19-14(3)18-20(25-16-6-5-15(11-16)12-31)26-21(27-23(18)32-19)22-24-8-10-29(22)4/h7-10,13,15-16,31H,5-6,11-12H2,1-4H3,(H,25,26,27)/t15-,16+/m1/s1. The number of aryl methyl sites for hydroxylation is 2. The average molecular weight is 452 g/mol. The lowest BCUT2D eigenvalue weighted by Gasteiger charge is -2.15. The third-order valence-corrected chi connectivity index (χ3v) is 7.53. The topological polar surface area (TPSA) is 93.7 Å². The van der Waals surface area contributed by atoms with Crippen LogP contribution in [0, 0.1) is 12.8 Å². The maximum absolute atomic E-state index is 9.56. The van der Waals surface area contributed by atoms with Crippen LogP contribution in [0.1, 0.15) is 44.7 Å². The number of aliphatic hydroxyl groups excluding tert-OH is 1. The number of imidazole rings is 1. The summed E-state index contributed by atoms with van der Waals surface area (Å²) >= 11 is 1.65. The number of aliphatic hydroxyl groups is 1. The Morgan fingerprint density at radius 3 is 2.75 bits per heavy atom. The summed E-state index contributed by atoms with van der Waals surface area (Å²) in [6.45, 7) is 6.63. The second-order valence-electron chi connectivity index (χ2n) is 8.97. The van der Waals surface area contributed by atoms with E-state index in [0.717, 1.165) is 57.3 Å². The number of hydrogen-bond acceptors (Lipinski definition) is 7. The molecular weight excluding hydrogens is 422 g/mol. The van der Waals surface area contributed by atoms with Crippen LogP contribution in [0.2, 0.25) is 0 Å². The maximum Gasteiger partial charge on any atom is 0.199 e. The van der Waals surface area contributed by atoms with Gasteiger partial charge in [0.2, 0.25) is 0 Å². The minimum atomic E-state index is 0.246. The van der Waals surface area contributed by atoms with Gasteiger partial charge in [-0.3, -0.25) is 4.68 Å². The molecule has 0 saturated heterocycles. The molecule has 1 fully saturated rings. The third kappa shape index (κ3) is 3.69. The molecule has 1 saturated carbocycles. The van der Waals surface area contributed by atoms with Gasteiger partial charge < -0.3 is 15.0 Å². The molecule has 0 unspecified atom stereocenters. The normalized spacial score (nSPS) is 18.8. The Balaban J connectivity index is 1.63. The van der Waals surface area contributed by atoms with Crippen molar-refractivity contribution in [1.82, 2.24) is 29.3 Å². The maximum atomic E-state index is 9.56. The highest BCUT2D eigenvalue weighted by molar-refractivity contribution is 7.22. The van der Waals surface area contributed by atoms with E-state index in [-0.39, 0.29) is 6.61 Å². The molecule has 2 N–H and O–H groups in total. The SMILES string of the molecule is Cc1c(-c2ccn(C(C)C)n2)sc2nc(-c3nccn3C)nc(N[C@H]3CC[C@@H](CO)C3)c12. The Morgan fingerprint density at radius 1 is 1.25 bits per heavy atom. The van der Waals surface area contributed by atoms with E-state index in [1.165, 1.54) is 0 Å². The Morgan fingerprint density at radius 2 is 2.09 bits per heavy atom. The van der Waals surface area contributed by atoms with Crippen LogP contribution < -0.4 is 5.32 Å². The van der Waals surface area contributed by atoms with Crippen molar-refractivity contribution in [3.8, 4) is 22.2 Å². The summed E-state index contributed by atoms with van der Waals surface area (Å²) in [6, 6.07) is 2.68. The predicted octanol–water partition coefficient (Wildman–Crippen LogP) is 4.42. The fourth-order valence-corrected chi connectivity index (χ4v) is 5.63. The van der Waals surface area contributed by atoms with E-state index in [1.807, 2.05) is 28.7 Å². The van der Waals surface area contributed by atoms with E-state index in [4.69, 9.17) is 15.1 Å². The first-order valence-electron chi connectivity index (χ1n) is 11.2. The molecular formula is C23H29N7OS. The summed E-state index contributed by atoms with van der Waals surface area (Å²) in [5.74, 6) is 2.56. The van der Waals surface area contributed by atoms with Crippen LogP contribution in [-0.2, 0) is 7.05 Å². The van der Waals surface area contributed by atoms with Crippen LogP contribution in [0.15, 0.2) is 24.7 Å². The quantitative estimate of drug-likeness (QED) is 0.451. The van der Waals surface area contributed by atoms with Crippen molar-refractivity contribution < 1.29 is 5.11 Å². The van der Waals surface area contributed by atoms with E-state index < -0.39 is 0 Å². The third-order valence-electron chi connectivity index (χ3n) is 6.32. The van der Waals surface area contributed by atoms with Gasteiger partial charge in [0.05, 0.1) is 10.3 Å². The number of rotatable bonds is 6. The molecule has 8 nitrogen and oxygen atoms in total. The Bertz CT molecular complexity index is 1250. The zero-order valence-electron chi connectivity index (χ0n) is 18.9. The van der Waals surface area contributed by atoms with E-state index in [0.29, 0.717) is 23.8 Å². The van der Waals surface area contributed by atoms with E-state index in [2.05, 4.69) is 37.1 Å². The van der Waals surface area contributed by atoms with Crippen molar-refractivity contribution in [2.75, 3.05) is 11.9 Å². The Hall–Kier alpha value is -2.78. The minimum Gasteiger partial charge on any atom is -0.396 e. The second kappa shape index (κ2) is 8.29. The van der Waals surface area contributed by atoms with Gasteiger partial charge in [0.1, 0.15) is 16.3 Å².